The molecular formula is C30H48N2O6. The van der Waals surface area contributed by atoms with Crippen LogP contribution in [0.3, 0.4) is 0 Å². The van der Waals surface area contributed by atoms with Crippen LogP contribution in [-0.4, -0.2) is 82.8 Å². The summed E-state index contributed by atoms with van der Waals surface area (Å²) in [6.07, 6.45) is 10.4. The lowest BCUT2D eigenvalue weighted by Gasteiger charge is -2.37. The van der Waals surface area contributed by atoms with Gasteiger partial charge in [-0.05, 0) is 64.2 Å². The van der Waals surface area contributed by atoms with Crippen molar-refractivity contribution in [2.45, 2.75) is 95.8 Å². The number of allylic oxidation sites excluding steroid dienone is 1. The van der Waals surface area contributed by atoms with E-state index in [2.05, 4.69) is 20.1 Å². The monoisotopic (exact) mass is 532 g/mol. The van der Waals surface area contributed by atoms with Crippen LogP contribution in [-0.2, 0) is 23.9 Å². The lowest BCUT2D eigenvalue weighted by Crippen LogP contribution is -2.56. The van der Waals surface area contributed by atoms with Gasteiger partial charge in [0.05, 0.1) is 18.1 Å². The number of nitrogens with zero attached hydrogens (tertiary/aromatic N) is 2. The van der Waals surface area contributed by atoms with Gasteiger partial charge in [0.1, 0.15) is 17.6 Å². The number of carbonyl (C=O) groups excluding carboxylic acids is 3. The molecule has 8 heteroatoms. The van der Waals surface area contributed by atoms with Crippen molar-refractivity contribution in [1.82, 2.24) is 9.80 Å². The van der Waals surface area contributed by atoms with Crippen molar-refractivity contribution in [3.05, 3.63) is 25.3 Å². The van der Waals surface area contributed by atoms with Gasteiger partial charge in [0.15, 0.2) is 0 Å². The fourth-order valence-corrected chi connectivity index (χ4v) is 6.81. The van der Waals surface area contributed by atoms with Crippen LogP contribution < -0.4 is 0 Å². The van der Waals surface area contributed by atoms with Gasteiger partial charge in [-0.1, -0.05) is 32.4 Å². The number of fused-ring (bicyclic) bond motifs is 1. The van der Waals surface area contributed by atoms with Crippen LogP contribution in [0.25, 0.3) is 0 Å². The highest BCUT2D eigenvalue weighted by atomic mass is 16.6. The summed E-state index contributed by atoms with van der Waals surface area (Å²) in [5, 5.41) is 9.23. The molecule has 3 fully saturated rings. The molecule has 2 bridgehead atoms. The SMILES string of the molecule is C=CCCCCOC(=O)[C@@H]1[C@H]2C(=O)N(CCCCCO)C(C(=O)N(CC=C)CCCC)C23CC(C)[C@@]1(C)O3. The molecule has 0 aromatic rings. The molecule has 38 heavy (non-hydrogen) atoms. The van der Waals surface area contributed by atoms with Crippen molar-refractivity contribution in [3.8, 4) is 0 Å². The van der Waals surface area contributed by atoms with Crippen molar-refractivity contribution >= 4 is 17.8 Å². The summed E-state index contributed by atoms with van der Waals surface area (Å²) in [5.74, 6) is -2.23. The first-order valence-corrected chi connectivity index (χ1v) is 14.5. The van der Waals surface area contributed by atoms with Crippen molar-refractivity contribution in [2.75, 3.05) is 32.8 Å². The van der Waals surface area contributed by atoms with Crippen LogP contribution in [0, 0.1) is 17.8 Å². The van der Waals surface area contributed by atoms with E-state index >= 15 is 0 Å². The third-order valence-corrected chi connectivity index (χ3v) is 8.85. The Balaban J connectivity index is 1.95. The van der Waals surface area contributed by atoms with Gasteiger partial charge in [-0.3, -0.25) is 14.4 Å². The average Bonchev–Trinajstić information content (AvgIpc) is 3.40. The van der Waals surface area contributed by atoms with E-state index in [0.29, 0.717) is 45.5 Å². The highest BCUT2D eigenvalue weighted by Gasteiger charge is 2.80. The maximum Gasteiger partial charge on any atom is 0.312 e. The summed E-state index contributed by atoms with van der Waals surface area (Å²) in [5.41, 5.74) is -1.93. The van der Waals surface area contributed by atoms with E-state index in [9.17, 15) is 19.5 Å². The molecule has 3 rings (SSSR count). The van der Waals surface area contributed by atoms with Crippen LogP contribution in [0.1, 0.15) is 78.6 Å². The molecule has 3 aliphatic rings. The standard InChI is InChI=1S/C30H48N2O6/c1-6-9-11-15-20-37-28(36)24-23-26(34)32(18-13-12-14-19-33)25(27(35)31(16-8-3)17-10-7-2)30(23)21-22(4)29(24,5)38-30/h6,8,22-25,33H,1,3,7,9-21H2,2,4-5H3/t22?,23-,24-,25?,29+,30?/m0/s1. The van der Waals surface area contributed by atoms with E-state index in [1.807, 2.05) is 19.9 Å². The second-order valence-electron chi connectivity index (χ2n) is 11.4. The van der Waals surface area contributed by atoms with E-state index in [-0.39, 0.29) is 24.3 Å². The predicted octanol–water partition coefficient (Wildman–Crippen LogP) is 3.87. The summed E-state index contributed by atoms with van der Waals surface area (Å²) in [6.45, 7) is 15.3. The molecule has 0 radical (unpaired) electrons. The predicted molar refractivity (Wildman–Crippen MR) is 146 cm³/mol. The highest BCUT2D eigenvalue weighted by molar-refractivity contribution is 5.98. The number of carbonyl (C=O) groups is 3. The minimum atomic E-state index is -1.06. The van der Waals surface area contributed by atoms with Crippen LogP contribution >= 0.6 is 0 Å². The van der Waals surface area contributed by atoms with Gasteiger partial charge in [0.2, 0.25) is 11.8 Å². The van der Waals surface area contributed by atoms with Gasteiger partial charge in [-0.2, -0.15) is 0 Å². The molecule has 3 heterocycles. The van der Waals surface area contributed by atoms with Gasteiger partial charge in [-0.25, -0.2) is 0 Å². The maximum absolute atomic E-state index is 14.2. The fraction of sp³-hybridized carbons (Fsp3) is 0.767. The molecule has 2 amide bonds. The summed E-state index contributed by atoms with van der Waals surface area (Å²) in [6, 6.07) is -0.791. The molecule has 0 aromatic carbocycles. The first-order valence-electron chi connectivity index (χ1n) is 14.5. The minimum Gasteiger partial charge on any atom is -0.465 e. The minimum absolute atomic E-state index is 0.0157. The highest BCUT2D eigenvalue weighted by Crippen LogP contribution is 2.65. The molecule has 3 aliphatic heterocycles. The number of aliphatic hydroxyl groups excluding tert-OH is 1. The van der Waals surface area contributed by atoms with Crippen molar-refractivity contribution in [1.29, 1.82) is 0 Å². The van der Waals surface area contributed by atoms with Gasteiger partial charge in [-0.15, -0.1) is 13.2 Å². The molecule has 8 nitrogen and oxygen atoms in total. The van der Waals surface area contributed by atoms with Gasteiger partial charge >= 0.3 is 5.97 Å². The van der Waals surface area contributed by atoms with Crippen LogP contribution in [0.4, 0.5) is 0 Å². The molecule has 3 unspecified atom stereocenters. The third-order valence-electron chi connectivity index (χ3n) is 8.85. The number of amides is 2. The zero-order valence-corrected chi connectivity index (χ0v) is 23.7. The number of ether oxygens (including phenoxy) is 2. The van der Waals surface area contributed by atoms with E-state index < -0.39 is 35.0 Å². The first-order chi connectivity index (χ1) is 18.2. The zero-order chi connectivity index (χ0) is 27.9. The number of aliphatic hydroxyl groups is 1. The molecule has 6 atom stereocenters. The first kappa shape index (κ1) is 30.4. The molecule has 1 spiro atoms. The Bertz CT molecular complexity index is 877. The lowest BCUT2D eigenvalue weighted by atomic mass is 9.62. The molecule has 1 N–H and O–H groups in total. The Kier molecular flexibility index (Phi) is 10.6. The number of rotatable bonds is 17. The molecular weight excluding hydrogens is 484 g/mol. The number of unbranched alkanes of at least 4 members (excludes halogenated alkanes) is 5. The molecule has 214 valence electrons. The Morgan fingerprint density at radius 3 is 2.61 bits per heavy atom. The second kappa shape index (κ2) is 13.2. The normalized spacial score (nSPS) is 31.4. The molecule has 0 aromatic heterocycles. The molecule has 0 aliphatic carbocycles. The number of hydrogen-bond donors (Lipinski definition) is 1. The maximum atomic E-state index is 14.2. The zero-order valence-electron chi connectivity index (χ0n) is 23.7. The second-order valence-corrected chi connectivity index (χ2v) is 11.4. The third kappa shape index (κ3) is 5.57. The van der Waals surface area contributed by atoms with Crippen LogP contribution in [0.5, 0.6) is 0 Å². The van der Waals surface area contributed by atoms with E-state index in [1.54, 1.807) is 15.9 Å². The smallest absolute Gasteiger partial charge is 0.312 e. The van der Waals surface area contributed by atoms with Crippen molar-refractivity contribution < 1.29 is 29.0 Å². The largest absolute Gasteiger partial charge is 0.465 e. The van der Waals surface area contributed by atoms with E-state index in [0.717, 1.165) is 38.5 Å². The van der Waals surface area contributed by atoms with Crippen LogP contribution in [0.2, 0.25) is 0 Å². The van der Waals surface area contributed by atoms with Crippen LogP contribution in [0.15, 0.2) is 25.3 Å². The van der Waals surface area contributed by atoms with Gasteiger partial charge in [0, 0.05) is 26.2 Å². The molecule has 0 saturated carbocycles. The van der Waals surface area contributed by atoms with Gasteiger partial charge in [0.25, 0.3) is 0 Å². The quantitative estimate of drug-likeness (QED) is 0.174. The Labute approximate surface area is 228 Å². The number of likely N-dealkylation sites (tertiary alicyclic amines) is 1. The van der Waals surface area contributed by atoms with E-state index in [4.69, 9.17) is 9.47 Å². The summed E-state index contributed by atoms with van der Waals surface area (Å²) >= 11 is 0. The summed E-state index contributed by atoms with van der Waals surface area (Å²) in [7, 11) is 0. The Morgan fingerprint density at radius 2 is 1.95 bits per heavy atom. The Morgan fingerprint density at radius 1 is 1.18 bits per heavy atom. The van der Waals surface area contributed by atoms with Crippen molar-refractivity contribution in [3.63, 3.8) is 0 Å². The number of esters is 1. The average molecular weight is 533 g/mol. The molecule has 3 saturated heterocycles. The van der Waals surface area contributed by atoms with Crippen molar-refractivity contribution in [2.24, 2.45) is 17.8 Å². The lowest BCUT2D eigenvalue weighted by molar-refractivity contribution is -0.162. The topological polar surface area (TPSA) is 96.4 Å². The summed E-state index contributed by atoms with van der Waals surface area (Å²) < 4.78 is 12.5. The number of hydrogen-bond acceptors (Lipinski definition) is 6. The Hall–Kier alpha value is -2.19. The van der Waals surface area contributed by atoms with E-state index in [1.165, 1.54) is 0 Å². The fourth-order valence-electron chi connectivity index (χ4n) is 6.81. The van der Waals surface area contributed by atoms with Gasteiger partial charge < -0.3 is 24.4 Å². The summed E-state index contributed by atoms with van der Waals surface area (Å²) in [4.78, 5) is 45.3.